The summed E-state index contributed by atoms with van der Waals surface area (Å²) in [4.78, 5) is 16.9. The molecule has 1 aromatic carbocycles. The van der Waals surface area contributed by atoms with Crippen LogP contribution < -0.4 is 11.5 Å². The van der Waals surface area contributed by atoms with E-state index in [0.29, 0.717) is 22.7 Å². The molecule has 6 nitrogen and oxygen atoms in total. The van der Waals surface area contributed by atoms with Gasteiger partial charge in [-0.15, -0.1) is 0 Å². The van der Waals surface area contributed by atoms with Crippen LogP contribution in [-0.2, 0) is 0 Å². The maximum absolute atomic E-state index is 5.85. The van der Waals surface area contributed by atoms with Crippen LogP contribution in [0.4, 0.5) is 11.6 Å². The minimum Gasteiger partial charge on any atom is -0.384 e. The number of benzene rings is 1. The lowest BCUT2D eigenvalue weighted by atomic mass is 10.1. The van der Waals surface area contributed by atoms with E-state index < -0.39 is 0 Å². The highest BCUT2D eigenvalue weighted by Crippen LogP contribution is 2.26. The number of hydrogen-bond acceptors (Lipinski definition) is 6. The molecule has 0 fully saturated rings. The van der Waals surface area contributed by atoms with Crippen molar-refractivity contribution in [3.8, 4) is 11.3 Å². The molecule has 112 valence electrons. The van der Waals surface area contributed by atoms with Gasteiger partial charge in [-0.3, -0.25) is 0 Å². The summed E-state index contributed by atoms with van der Waals surface area (Å²) in [5, 5.41) is 1.76. The van der Waals surface area contributed by atoms with Crippen LogP contribution in [0.3, 0.4) is 0 Å². The molecular weight excluding hydrogens is 312 g/mol. The van der Waals surface area contributed by atoms with Gasteiger partial charge in [0.2, 0.25) is 5.28 Å². The molecule has 23 heavy (non-hydrogen) atoms. The first-order valence-electron chi connectivity index (χ1n) is 6.86. The molecule has 7 heteroatoms. The summed E-state index contributed by atoms with van der Waals surface area (Å²) in [6, 6.07) is 13.3. The van der Waals surface area contributed by atoms with Crippen molar-refractivity contribution >= 4 is 45.2 Å². The van der Waals surface area contributed by atoms with Crippen molar-refractivity contribution in [2.24, 2.45) is 0 Å². The zero-order valence-electron chi connectivity index (χ0n) is 11.9. The summed E-state index contributed by atoms with van der Waals surface area (Å²) >= 11 is 5.85. The van der Waals surface area contributed by atoms with E-state index in [1.165, 1.54) is 0 Å². The number of halogens is 1. The molecule has 3 aromatic heterocycles. The minimum absolute atomic E-state index is 0.0765. The molecule has 0 saturated heterocycles. The number of nitrogens with two attached hydrogens (primary N) is 2. The van der Waals surface area contributed by atoms with E-state index in [1.807, 2.05) is 36.4 Å². The summed E-state index contributed by atoms with van der Waals surface area (Å²) in [6.07, 6.45) is 0. The normalized spacial score (nSPS) is 11.2. The number of pyridine rings is 2. The van der Waals surface area contributed by atoms with Crippen LogP contribution in [-0.4, -0.2) is 19.9 Å². The van der Waals surface area contributed by atoms with Crippen molar-refractivity contribution in [2.75, 3.05) is 11.5 Å². The van der Waals surface area contributed by atoms with Gasteiger partial charge in [0, 0.05) is 10.9 Å². The van der Waals surface area contributed by atoms with Crippen LogP contribution in [0.2, 0.25) is 5.28 Å². The van der Waals surface area contributed by atoms with Gasteiger partial charge in [-0.2, -0.15) is 4.98 Å². The van der Waals surface area contributed by atoms with Crippen molar-refractivity contribution < 1.29 is 0 Å². The number of nitrogens with zero attached hydrogens (tertiary/aromatic N) is 4. The first-order valence-corrected chi connectivity index (χ1v) is 7.24. The van der Waals surface area contributed by atoms with Gasteiger partial charge in [-0.25, -0.2) is 15.0 Å². The van der Waals surface area contributed by atoms with Crippen LogP contribution in [0, 0.1) is 0 Å². The molecule has 0 aliphatic heterocycles. The Hall–Kier alpha value is -2.99. The van der Waals surface area contributed by atoms with Gasteiger partial charge in [0.1, 0.15) is 11.6 Å². The smallest absolute Gasteiger partial charge is 0.226 e. The number of rotatable bonds is 1. The van der Waals surface area contributed by atoms with Crippen LogP contribution in [0.15, 0.2) is 42.5 Å². The molecule has 0 amide bonds. The second-order valence-corrected chi connectivity index (χ2v) is 5.43. The minimum atomic E-state index is 0.0765. The SMILES string of the molecule is Nc1ccc2ccc(-c3ccc4c(N)nc(Cl)nc4n3)cc2n1. The molecule has 0 unspecified atom stereocenters. The van der Waals surface area contributed by atoms with Gasteiger partial charge >= 0.3 is 0 Å². The molecule has 3 heterocycles. The molecule has 0 bridgehead atoms. The van der Waals surface area contributed by atoms with Crippen LogP contribution in [0.1, 0.15) is 0 Å². The lowest BCUT2D eigenvalue weighted by molar-refractivity contribution is 1.19. The molecular formula is C16H11ClN6. The largest absolute Gasteiger partial charge is 0.384 e. The Balaban J connectivity index is 1.91. The number of anilines is 2. The predicted molar refractivity (Wildman–Crippen MR) is 91.9 cm³/mol. The van der Waals surface area contributed by atoms with E-state index in [4.69, 9.17) is 23.1 Å². The van der Waals surface area contributed by atoms with E-state index in [9.17, 15) is 0 Å². The van der Waals surface area contributed by atoms with Gasteiger partial charge in [-0.1, -0.05) is 12.1 Å². The number of nitrogen functional groups attached to an aromatic ring is 2. The third-order valence-corrected chi connectivity index (χ3v) is 3.74. The van der Waals surface area contributed by atoms with Gasteiger partial charge in [-0.05, 0) is 41.9 Å². The van der Waals surface area contributed by atoms with E-state index in [-0.39, 0.29) is 5.28 Å². The Morgan fingerprint density at radius 1 is 0.826 bits per heavy atom. The maximum Gasteiger partial charge on any atom is 0.226 e. The van der Waals surface area contributed by atoms with Gasteiger partial charge in [0.05, 0.1) is 16.6 Å². The quantitative estimate of drug-likeness (QED) is 0.522. The first kappa shape index (κ1) is 13.7. The summed E-state index contributed by atoms with van der Waals surface area (Å²) < 4.78 is 0. The first-order chi connectivity index (χ1) is 11.1. The third-order valence-electron chi connectivity index (χ3n) is 3.57. The van der Waals surface area contributed by atoms with Crippen LogP contribution in [0.5, 0.6) is 0 Å². The van der Waals surface area contributed by atoms with Gasteiger partial charge in [0.25, 0.3) is 0 Å². The van der Waals surface area contributed by atoms with Crippen molar-refractivity contribution in [3.05, 3.63) is 47.7 Å². The highest BCUT2D eigenvalue weighted by molar-refractivity contribution is 6.28. The lowest BCUT2D eigenvalue weighted by Gasteiger charge is -2.06. The van der Waals surface area contributed by atoms with Gasteiger partial charge in [0.15, 0.2) is 5.65 Å². The van der Waals surface area contributed by atoms with E-state index in [1.54, 1.807) is 6.07 Å². The summed E-state index contributed by atoms with van der Waals surface area (Å²) in [6.45, 7) is 0. The van der Waals surface area contributed by atoms with Crippen LogP contribution in [0.25, 0.3) is 33.2 Å². The Kier molecular flexibility index (Phi) is 2.99. The molecule has 0 atom stereocenters. The second-order valence-electron chi connectivity index (χ2n) is 5.09. The van der Waals surface area contributed by atoms with E-state index in [0.717, 1.165) is 22.2 Å². The fourth-order valence-electron chi connectivity index (χ4n) is 2.46. The molecule has 4 rings (SSSR count). The van der Waals surface area contributed by atoms with Crippen molar-refractivity contribution in [1.29, 1.82) is 0 Å². The summed E-state index contributed by atoms with van der Waals surface area (Å²) in [5.74, 6) is 0.792. The molecule has 0 spiro atoms. The fourth-order valence-corrected chi connectivity index (χ4v) is 2.63. The second kappa shape index (κ2) is 5.03. The molecule has 0 aliphatic rings. The summed E-state index contributed by atoms with van der Waals surface area (Å²) in [5.41, 5.74) is 14.5. The van der Waals surface area contributed by atoms with Crippen molar-refractivity contribution in [2.45, 2.75) is 0 Å². The number of fused-ring (bicyclic) bond motifs is 2. The Bertz CT molecular complexity index is 1060. The number of aromatic nitrogens is 4. The van der Waals surface area contributed by atoms with E-state index in [2.05, 4.69) is 19.9 Å². The van der Waals surface area contributed by atoms with Crippen LogP contribution >= 0.6 is 11.6 Å². The highest BCUT2D eigenvalue weighted by atomic mass is 35.5. The Morgan fingerprint density at radius 2 is 1.65 bits per heavy atom. The fraction of sp³-hybridized carbons (Fsp3) is 0. The lowest BCUT2D eigenvalue weighted by Crippen LogP contribution is -1.97. The maximum atomic E-state index is 5.85. The molecule has 4 N–H and O–H groups in total. The topological polar surface area (TPSA) is 104 Å². The molecule has 0 radical (unpaired) electrons. The van der Waals surface area contributed by atoms with Crippen molar-refractivity contribution in [3.63, 3.8) is 0 Å². The predicted octanol–water partition coefficient (Wildman–Crippen LogP) is 3.06. The van der Waals surface area contributed by atoms with E-state index >= 15 is 0 Å². The monoisotopic (exact) mass is 322 g/mol. The average Bonchev–Trinajstić information content (AvgIpc) is 2.53. The molecule has 0 aliphatic carbocycles. The highest BCUT2D eigenvalue weighted by Gasteiger charge is 2.08. The third kappa shape index (κ3) is 2.39. The number of hydrogen-bond donors (Lipinski definition) is 2. The Labute approximate surface area is 136 Å². The zero-order valence-corrected chi connectivity index (χ0v) is 12.6. The zero-order chi connectivity index (χ0) is 16.0. The standard InChI is InChI=1S/C16H11ClN6/c17-16-22-14(19)10-4-5-11(21-15(10)23-16)9-2-1-8-3-6-13(18)20-12(8)7-9/h1-7H,(H2,18,20)(H2,19,21,22,23). The average molecular weight is 323 g/mol. The molecule has 0 saturated carbocycles. The van der Waals surface area contributed by atoms with Gasteiger partial charge < -0.3 is 11.5 Å². The van der Waals surface area contributed by atoms with Crippen molar-refractivity contribution in [1.82, 2.24) is 19.9 Å². The summed E-state index contributed by atoms with van der Waals surface area (Å²) in [7, 11) is 0. The Morgan fingerprint density at radius 3 is 2.52 bits per heavy atom. The molecule has 4 aromatic rings.